The maximum Gasteiger partial charge on any atom is 0.308 e. The Bertz CT molecular complexity index is 571. The van der Waals surface area contributed by atoms with Gasteiger partial charge in [0.2, 0.25) is 5.91 Å². The summed E-state index contributed by atoms with van der Waals surface area (Å²) in [5.74, 6) is -1.77. The van der Waals surface area contributed by atoms with E-state index < -0.39 is 11.9 Å². The van der Waals surface area contributed by atoms with Gasteiger partial charge in [-0.05, 0) is 31.0 Å². The molecule has 0 radical (unpaired) electrons. The third-order valence-corrected chi connectivity index (χ3v) is 3.49. The first-order chi connectivity index (χ1) is 9.97. The smallest absolute Gasteiger partial charge is 0.308 e. The van der Waals surface area contributed by atoms with E-state index >= 15 is 0 Å². The van der Waals surface area contributed by atoms with Crippen LogP contribution in [0, 0.1) is 5.92 Å². The molecule has 0 spiro atoms. The van der Waals surface area contributed by atoms with E-state index in [4.69, 9.17) is 5.11 Å². The lowest BCUT2D eigenvalue weighted by Gasteiger charge is -2.30. The predicted molar refractivity (Wildman–Crippen MR) is 77.0 cm³/mol. The number of benzene rings is 1. The molecule has 1 fully saturated rings. The van der Waals surface area contributed by atoms with Crippen LogP contribution in [-0.2, 0) is 9.59 Å². The largest absolute Gasteiger partial charge is 0.481 e. The van der Waals surface area contributed by atoms with Gasteiger partial charge in [-0.15, -0.1) is 0 Å². The maximum absolute atomic E-state index is 12.4. The number of carbonyl (C=O) groups is 3. The highest BCUT2D eigenvalue weighted by atomic mass is 16.4. The van der Waals surface area contributed by atoms with Crippen LogP contribution in [0.5, 0.6) is 0 Å². The summed E-state index contributed by atoms with van der Waals surface area (Å²) in [5.41, 5.74) is 1.01. The summed E-state index contributed by atoms with van der Waals surface area (Å²) in [4.78, 5) is 36.1. The van der Waals surface area contributed by atoms with Crippen LogP contribution in [0.4, 0.5) is 5.69 Å². The van der Waals surface area contributed by atoms with Gasteiger partial charge in [-0.2, -0.15) is 0 Å². The van der Waals surface area contributed by atoms with Gasteiger partial charge in [-0.1, -0.05) is 6.07 Å². The van der Waals surface area contributed by atoms with E-state index in [1.807, 2.05) is 0 Å². The van der Waals surface area contributed by atoms with Crippen molar-refractivity contribution >= 4 is 23.5 Å². The number of likely N-dealkylation sites (tertiary alicyclic amines) is 1. The third-order valence-electron chi connectivity index (χ3n) is 3.49. The first kappa shape index (κ1) is 15.0. The Kier molecular flexibility index (Phi) is 4.57. The number of nitrogens with one attached hydrogen (secondary N) is 1. The molecule has 0 saturated carbocycles. The quantitative estimate of drug-likeness (QED) is 0.885. The van der Waals surface area contributed by atoms with Crippen molar-refractivity contribution in [1.82, 2.24) is 4.90 Å². The number of carboxylic acids is 1. The van der Waals surface area contributed by atoms with Gasteiger partial charge in [0.15, 0.2) is 0 Å². The monoisotopic (exact) mass is 290 g/mol. The van der Waals surface area contributed by atoms with Gasteiger partial charge in [0.1, 0.15) is 0 Å². The van der Waals surface area contributed by atoms with Crippen LogP contribution in [0.15, 0.2) is 24.3 Å². The second kappa shape index (κ2) is 6.39. The molecule has 1 aliphatic heterocycles. The Morgan fingerprint density at radius 1 is 1.33 bits per heavy atom. The molecule has 2 rings (SSSR count). The number of amides is 2. The number of piperidine rings is 1. The van der Waals surface area contributed by atoms with Crippen molar-refractivity contribution in [3.05, 3.63) is 29.8 Å². The van der Waals surface area contributed by atoms with E-state index in [2.05, 4.69) is 5.32 Å². The molecular formula is C15H18N2O4. The molecule has 112 valence electrons. The summed E-state index contributed by atoms with van der Waals surface area (Å²) in [6.45, 7) is 2.20. The van der Waals surface area contributed by atoms with Crippen LogP contribution < -0.4 is 5.32 Å². The Balaban J connectivity index is 2.12. The van der Waals surface area contributed by atoms with Crippen molar-refractivity contribution in [1.29, 1.82) is 0 Å². The van der Waals surface area contributed by atoms with Crippen molar-refractivity contribution in [3.8, 4) is 0 Å². The molecule has 0 bridgehead atoms. The zero-order chi connectivity index (χ0) is 15.4. The van der Waals surface area contributed by atoms with Gasteiger partial charge in [-0.25, -0.2) is 0 Å². The highest BCUT2D eigenvalue weighted by Gasteiger charge is 2.28. The van der Waals surface area contributed by atoms with Crippen LogP contribution >= 0.6 is 0 Å². The maximum atomic E-state index is 12.4. The normalized spacial score (nSPS) is 18.1. The lowest BCUT2D eigenvalue weighted by Crippen LogP contribution is -2.42. The van der Waals surface area contributed by atoms with Crippen LogP contribution in [0.1, 0.15) is 30.1 Å². The average molecular weight is 290 g/mol. The summed E-state index contributed by atoms with van der Waals surface area (Å²) < 4.78 is 0. The minimum Gasteiger partial charge on any atom is -0.481 e. The Hall–Kier alpha value is -2.37. The molecule has 1 saturated heterocycles. The van der Waals surface area contributed by atoms with Gasteiger partial charge >= 0.3 is 5.97 Å². The minimum absolute atomic E-state index is 0.201. The second-order valence-corrected chi connectivity index (χ2v) is 5.19. The van der Waals surface area contributed by atoms with Gasteiger partial charge in [0, 0.05) is 31.3 Å². The fourth-order valence-corrected chi connectivity index (χ4v) is 2.48. The molecule has 21 heavy (non-hydrogen) atoms. The molecule has 1 aliphatic rings. The first-order valence-electron chi connectivity index (χ1n) is 6.87. The predicted octanol–water partition coefficient (Wildman–Crippen LogP) is 1.58. The zero-order valence-corrected chi connectivity index (χ0v) is 11.8. The summed E-state index contributed by atoms with van der Waals surface area (Å²) in [6, 6.07) is 6.66. The lowest BCUT2D eigenvalue weighted by atomic mass is 9.97. The highest BCUT2D eigenvalue weighted by Crippen LogP contribution is 2.20. The van der Waals surface area contributed by atoms with Gasteiger partial charge < -0.3 is 15.3 Å². The molecule has 1 unspecified atom stereocenters. The van der Waals surface area contributed by atoms with Gasteiger partial charge in [-0.3, -0.25) is 14.4 Å². The number of carboxylic acid groups (broad SMARTS) is 1. The number of carbonyl (C=O) groups excluding carboxylic acids is 2. The van der Waals surface area contributed by atoms with Crippen LogP contribution in [-0.4, -0.2) is 40.9 Å². The second-order valence-electron chi connectivity index (χ2n) is 5.19. The highest BCUT2D eigenvalue weighted by molar-refractivity contribution is 5.97. The number of nitrogens with zero attached hydrogens (tertiary/aromatic N) is 1. The summed E-state index contributed by atoms with van der Waals surface area (Å²) in [7, 11) is 0. The number of aliphatic carboxylic acids is 1. The van der Waals surface area contributed by atoms with E-state index in [-0.39, 0.29) is 18.4 Å². The summed E-state index contributed by atoms with van der Waals surface area (Å²) >= 11 is 0. The zero-order valence-electron chi connectivity index (χ0n) is 11.8. The molecule has 0 aromatic heterocycles. The Morgan fingerprint density at radius 3 is 2.76 bits per heavy atom. The average Bonchev–Trinajstić information content (AvgIpc) is 2.46. The molecule has 2 amide bonds. The molecule has 1 aromatic carbocycles. The van der Waals surface area contributed by atoms with Crippen molar-refractivity contribution in [2.45, 2.75) is 19.8 Å². The molecule has 6 nitrogen and oxygen atoms in total. The topological polar surface area (TPSA) is 86.7 Å². The van der Waals surface area contributed by atoms with E-state index in [0.29, 0.717) is 30.6 Å². The van der Waals surface area contributed by atoms with E-state index in [1.165, 1.54) is 6.92 Å². The van der Waals surface area contributed by atoms with Crippen molar-refractivity contribution in [2.24, 2.45) is 5.92 Å². The molecule has 1 aromatic rings. The number of hydrogen-bond donors (Lipinski definition) is 2. The standard InChI is InChI=1S/C15H18N2O4/c1-10(18)16-13-6-2-4-11(8-13)14(19)17-7-3-5-12(9-17)15(20)21/h2,4,6,8,12H,3,5,7,9H2,1H3,(H,16,18)(H,20,21). The summed E-state index contributed by atoms with van der Waals surface area (Å²) in [6.07, 6.45) is 1.29. The minimum atomic E-state index is -0.862. The fourth-order valence-electron chi connectivity index (χ4n) is 2.48. The number of anilines is 1. The van der Waals surface area contributed by atoms with Crippen LogP contribution in [0.3, 0.4) is 0 Å². The SMILES string of the molecule is CC(=O)Nc1cccc(C(=O)N2CCCC(C(=O)O)C2)c1. The van der Waals surface area contributed by atoms with Gasteiger partial charge in [0.05, 0.1) is 5.92 Å². The van der Waals surface area contributed by atoms with E-state index in [0.717, 1.165) is 0 Å². The Labute approximate surface area is 122 Å². The third kappa shape index (κ3) is 3.81. The fraction of sp³-hybridized carbons (Fsp3) is 0.400. The summed E-state index contributed by atoms with van der Waals surface area (Å²) in [5, 5.41) is 11.7. The Morgan fingerprint density at radius 2 is 2.10 bits per heavy atom. The van der Waals surface area contributed by atoms with Crippen molar-refractivity contribution in [2.75, 3.05) is 18.4 Å². The van der Waals surface area contributed by atoms with Crippen molar-refractivity contribution in [3.63, 3.8) is 0 Å². The molecule has 1 heterocycles. The van der Waals surface area contributed by atoms with E-state index in [9.17, 15) is 14.4 Å². The van der Waals surface area contributed by atoms with Crippen molar-refractivity contribution < 1.29 is 19.5 Å². The lowest BCUT2D eigenvalue weighted by molar-refractivity contribution is -0.143. The van der Waals surface area contributed by atoms with Crippen LogP contribution in [0.2, 0.25) is 0 Å². The van der Waals surface area contributed by atoms with Gasteiger partial charge in [0.25, 0.3) is 5.91 Å². The van der Waals surface area contributed by atoms with Crippen LogP contribution in [0.25, 0.3) is 0 Å². The molecular weight excluding hydrogens is 272 g/mol. The molecule has 2 N–H and O–H groups in total. The molecule has 0 aliphatic carbocycles. The first-order valence-corrected chi connectivity index (χ1v) is 6.87. The van der Waals surface area contributed by atoms with E-state index in [1.54, 1.807) is 29.2 Å². The number of hydrogen-bond acceptors (Lipinski definition) is 3. The molecule has 6 heteroatoms. The number of rotatable bonds is 3. The molecule has 1 atom stereocenters.